The topological polar surface area (TPSA) is 26.0 Å². The molecule has 1 aromatic rings. The van der Waals surface area contributed by atoms with E-state index in [-0.39, 0.29) is 29.3 Å². The van der Waals surface area contributed by atoms with Crippen LogP contribution in [0.5, 0.6) is 0 Å². The van der Waals surface area contributed by atoms with Crippen molar-refractivity contribution in [2.45, 2.75) is 18.4 Å². The monoisotopic (exact) mass is 221 g/mol. The lowest BCUT2D eigenvalue weighted by Gasteiger charge is -1.99. The van der Waals surface area contributed by atoms with Gasteiger partial charge in [0.05, 0.1) is 5.02 Å². The number of hydrogen-bond acceptors (Lipinski definition) is 1. The summed E-state index contributed by atoms with van der Waals surface area (Å²) in [6.07, 6.45) is 0.959. The van der Waals surface area contributed by atoms with Gasteiger partial charge >= 0.3 is 0 Å². The predicted molar refractivity (Wildman–Crippen MR) is 54.0 cm³/mol. The number of hydrogen-bond donors (Lipinski definition) is 1. The van der Waals surface area contributed by atoms with Gasteiger partial charge < -0.3 is 5.73 Å². The Morgan fingerprint density at radius 3 is 2.54 bits per heavy atom. The van der Waals surface area contributed by atoms with E-state index in [0.29, 0.717) is 5.92 Å². The van der Waals surface area contributed by atoms with Crippen molar-refractivity contribution in [2.75, 3.05) is 0 Å². The molecule has 1 aliphatic rings. The van der Waals surface area contributed by atoms with Gasteiger partial charge in [-0.25, -0.2) is 4.39 Å². The SMILES string of the molecule is Cl.N[C@@H]1C[C@@H]1c1ccc(Cl)c(F)c1. The van der Waals surface area contributed by atoms with Gasteiger partial charge in [-0.3, -0.25) is 0 Å². The molecule has 2 N–H and O–H groups in total. The summed E-state index contributed by atoms with van der Waals surface area (Å²) in [7, 11) is 0. The molecule has 0 bridgehead atoms. The van der Waals surface area contributed by atoms with Crippen LogP contribution in [-0.2, 0) is 0 Å². The maximum atomic E-state index is 12.9. The van der Waals surface area contributed by atoms with Gasteiger partial charge in [-0.15, -0.1) is 12.4 Å². The third-order valence-electron chi connectivity index (χ3n) is 2.21. The van der Waals surface area contributed by atoms with Gasteiger partial charge in [0.15, 0.2) is 0 Å². The molecule has 2 rings (SSSR count). The van der Waals surface area contributed by atoms with E-state index in [2.05, 4.69) is 0 Å². The second-order valence-corrected chi connectivity index (χ2v) is 3.59. The summed E-state index contributed by atoms with van der Waals surface area (Å²) >= 11 is 5.54. The fourth-order valence-electron chi connectivity index (χ4n) is 1.34. The highest BCUT2D eigenvalue weighted by atomic mass is 35.5. The first kappa shape index (κ1) is 10.8. The van der Waals surface area contributed by atoms with Gasteiger partial charge in [0.25, 0.3) is 0 Å². The largest absolute Gasteiger partial charge is 0.327 e. The van der Waals surface area contributed by atoms with Gasteiger partial charge in [-0.1, -0.05) is 17.7 Å². The molecule has 4 heteroatoms. The standard InChI is InChI=1S/C9H9ClFN.ClH/c10-7-2-1-5(3-8(7)11)6-4-9(6)12;/h1-3,6,9H,4,12H2;1H/t6-,9-;/m1./s1. The average Bonchev–Trinajstić information content (AvgIpc) is 2.73. The van der Waals surface area contributed by atoms with Crippen LogP contribution in [-0.4, -0.2) is 6.04 Å². The first-order valence-corrected chi connectivity index (χ1v) is 4.27. The third-order valence-corrected chi connectivity index (χ3v) is 2.52. The molecule has 0 radical (unpaired) electrons. The molecule has 0 heterocycles. The highest BCUT2D eigenvalue weighted by molar-refractivity contribution is 6.30. The minimum atomic E-state index is -0.353. The average molecular weight is 222 g/mol. The Kier molecular flexibility index (Phi) is 3.17. The molecule has 1 saturated carbocycles. The third kappa shape index (κ3) is 2.13. The first-order chi connectivity index (χ1) is 5.68. The van der Waals surface area contributed by atoms with Crippen molar-refractivity contribution < 1.29 is 4.39 Å². The first-order valence-electron chi connectivity index (χ1n) is 3.89. The van der Waals surface area contributed by atoms with Gasteiger partial charge in [0, 0.05) is 12.0 Å². The maximum absolute atomic E-state index is 12.9. The number of rotatable bonds is 1. The van der Waals surface area contributed by atoms with Crippen LogP contribution in [0.15, 0.2) is 18.2 Å². The molecule has 1 nitrogen and oxygen atoms in total. The molecule has 1 fully saturated rings. The maximum Gasteiger partial charge on any atom is 0.142 e. The molecule has 2 atom stereocenters. The van der Waals surface area contributed by atoms with E-state index >= 15 is 0 Å². The van der Waals surface area contributed by atoms with Gasteiger partial charge in [-0.05, 0) is 24.1 Å². The number of nitrogens with two attached hydrogens (primary N) is 1. The molecule has 1 aliphatic carbocycles. The summed E-state index contributed by atoms with van der Waals surface area (Å²) in [5.74, 6) is -0.00923. The second kappa shape index (κ2) is 3.82. The van der Waals surface area contributed by atoms with Crippen molar-refractivity contribution in [1.82, 2.24) is 0 Å². The Labute approximate surface area is 87.5 Å². The van der Waals surface area contributed by atoms with Crippen LogP contribution >= 0.6 is 24.0 Å². The summed E-state index contributed by atoms with van der Waals surface area (Å²) in [5.41, 5.74) is 6.59. The van der Waals surface area contributed by atoms with Gasteiger partial charge in [0.1, 0.15) is 5.82 Å². The zero-order chi connectivity index (χ0) is 8.72. The lowest BCUT2D eigenvalue weighted by atomic mass is 10.1. The Bertz CT molecular complexity index is 316. The molecule has 0 aliphatic heterocycles. The Morgan fingerprint density at radius 1 is 1.46 bits per heavy atom. The minimum absolute atomic E-state index is 0. The Hall–Kier alpha value is -0.310. The Balaban J connectivity index is 0.000000845. The molecule has 0 saturated heterocycles. The van der Waals surface area contributed by atoms with E-state index in [9.17, 15) is 4.39 Å². The Morgan fingerprint density at radius 2 is 2.08 bits per heavy atom. The molecular weight excluding hydrogens is 212 g/mol. The molecule has 0 unspecified atom stereocenters. The zero-order valence-corrected chi connectivity index (χ0v) is 8.41. The van der Waals surface area contributed by atoms with Crippen molar-refractivity contribution in [3.63, 3.8) is 0 Å². The van der Waals surface area contributed by atoms with Crippen molar-refractivity contribution in [1.29, 1.82) is 0 Å². The fourth-order valence-corrected chi connectivity index (χ4v) is 1.46. The summed E-state index contributed by atoms with van der Waals surface area (Å²) in [6, 6.07) is 5.10. The number of benzene rings is 1. The van der Waals surface area contributed by atoms with Crippen LogP contribution in [0, 0.1) is 5.82 Å². The molecule has 1 aromatic carbocycles. The van der Waals surface area contributed by atoms with Crippen LogP contribution < -0.4 is 5.73 Å². The van der Waals surface area contributed by atoms with Gasteiger partial charge in [0.2, 0.25) is 0 Å². The van der Waals surface area contributed by atoms with Crippen molar-refractivity contribution in [2.24, 2.45) is 5.73 Å². The molecule has 0 spiro atoms. The van der Waals surface area contributed by atoms with E-state index < -0.39 is 0 Å². The smallest absolute Gasteiger partial charge is 0.142 e. The van der Waals surface area contributed by atoms with Crippen LogP contribution in [0.3, 0.4) is 0 Å². The summed E-state index contributed by atoms with van der Waals surface area (Å²) in [6.45, 7) is 0. The lowest BCUT2D eigenvalue weighted by Crippen LogP contribution is -2.01. The highest BCUT2D eigenvalue weighted by Gasteiger charge is 2.34. The van der Waals surface area contributed by atoms with Crippen LogP contribution in [0.4, 0.5) is 4.39 Å². The fraction of sp³-hybridized carbons (Fsp3) is 0.333. The van der Waals surface area contributed by atoms with Gasteiger partial charge in [-0.2, -0.15) is 0 Å². The van der Waals surface area contributed by atoms with E-state index in [4.69, 9.17) is 17.3 Å². The quantitative estimate of drug-likeness (QED) is 0.776. The predicted octanol–water partition coefficient (Wildman–Crippen LogP) is 2.72. The van der Waals surface area contributed by atoms with Crippen molar-refractivity contribution >= 4 is 24.0 Å². The summed E-state index contributed by atoms with van der Waals surface area (Å²) < 4.78 is 12.9. The highest BCUT2D eigenvalue weighted by Crippen LogP contribution is 2.39. The van der Waals surface area contributed by atoms with E-state index in [1.54, 1.807) is 6.07 Å². The van der Waals surface area contributed by atoms with E-state index in [0.717, 1.165) is 12.0 Å². The summed E-state index contributed by atoms with van der Waals surface area (Å²) in [4.78, 5) is 0. The van der Waals surface area contributed by atoms with Crippen molar-refractivity contribution in [3.05, 3.63) is 34.6 Å². The normalized spacial score (nSPS) is 25.2. The molecule has 0 aromatic heterocycles. The zero-order valence-electron chi connectivity index (χ0n) is 6.84. The van der Waals surface area contributed by atoms with Crippen LogP contribution in [0.1, 0.15) is 17.9 Å². The number of halogens is 3. The molecular formula is C9H10Cl2FN. The van der Waals surface area contributed by atoms with E-state index in [1.807, 2.05) is 6.07 Å². The summed E-state index contributed by atoms with van der Waals surface area (Å²) in [5, 5.41) is 0.174. The molecule has 0 amide bonds. The minimum Gasteiger partial charge on any atom is -0.327 e. The van der Waals surface area contributed by atoms with Crippen LogP contribution in [0.25, 0.3) is 0 Å². The van der Waals surface area contributed by atoms with Crippen molar-refractivity contribution in [3.8, 4) is 0 Å². The van der Waals surface area contributed by atoms with E-state index in [1.165, 1.54) is 6.07 Å². The molecule has 72 valence electrons. The lowest BCUT2D eigenvalue weighted by molar-refractivity contribution is 0.625. The molecule has 13 heavy (non-hydrogen) atoms. The van der Waals surface area contributed by atoms with Crippen LogP contribution in [0.2, 0.25) is 5.02 Å². The second-order valence-electron chi connectivity index (χ2n) is 3.18.